The van der Waals surface area contributed by atoms with E-state index in [1.807, 2.05) is 49.6 Å². The second kappa shape index (κ2) is 6.10. The first-order chi connectivity index (χ1) is 10.2. The number of nitrogens with zero attached hydrogens (tertiary/aromatic N) is 2. The molecule has 0 aliphatic rings. The SMILES string of the molecule is Cc1nc2cc(NC(=O)CCCn3cccc3)ccc2s1. The Hall–Kier alpha value is -2.14. The maximum absolute atomic E-state index is 11.9. The number of hydrogen-bond donors (Lipinski definition) is 1. The Balaban J connectivity index is 1.55. The predicted molar refractivity (Wildman–Crippen MR) is 86.7 cm³/mol. The highest BCUT2D eigenvalue weighted by Crippen LogP contribution is 2.24. The van der Waals surface area contributed by atoms with Gasteiger partial charge < -0.3 is 9.88 Å². The summed E-state index contributed by atoms with van der Waals surface area (Å²) in [4.78, 5) is 16.4. The quantitative estimate of drug-likeness (QED) is 0.778. The van der Waals surface area contributed by atoms with Crippen molar-refractivity contribution in [3.63, 3.8) is 0 Å². The van der Waals surface area contributed by atoms with Gasteiger partial charge in [0.2, 0.25) is 5.91 Å². The Kier molecular flexibility index (Phi) is 4.01. The third-order valence-electron chi connectivity index (χ3n) is 3.26. The first-order valence-corrected chi connectivity index (χ1v) is 7.80. The molecule has 0 radical (unpaired) electrons. The lowest BCUT2D eigenvalue weighted by Gasteiger charge is -2.06. The van der Waals surface area contributed by atoms with Crippen LogP contribution in [0.1, 0.15) is 17.8 Å². The molecule has 0 bridgehead atoms. The maximum Gasteiger partial charge on any atom is 0.224 e. The molecule has 2 heterocycles. The summed E-state index contributed by atoms with van der Waals surface area (Å²) in [5, 5.41) is 3.98. The van der Waals surface area contributed by atoms with Crippen molar-refractivity contribution in [3.05, 3.63) is 47.7 Å². The van der Waals surface area contributed by atoms with Gasteiger partial charge in [-0.3, -0.25) is 4.79 Å². The number of amides is 1. The van der Waals surface area contributed by atoms with E-state index in [-0.39, 0.29) is 5.91 Å². The molecule has 0 aliphatic heterocycles. The van der Waals surface area contributed by atoms with Gasteiger partial charge in [-0.15, -0.1) is 11.3 Å². The number of fused-ring (bicyclic) bond motifs is 1. The van der Waals surface area contributed by atoms with Crippen molar-refractivity contribution in [2.24, 2.45) is 0 Å². The Bertz CT molecular complexity index is 746. The first kappa shape index (κ1) is 13.8. The molecule has 0 atom stereocenters. The highest BCUT2D eigenvalue weighted by Gasteiger charge is 2.05. The monoisotopic (exact) mass is 299 g/mol. The van der Waals surface area contributed by atoms with Crippen LogP contribution in [0.15, 0.2) is 42.7 Å². The van der Waals surface area contributed by atoms with Gasteiger partial charge in [0.25, 0.3) is 0 Å². The number of anilines is 1. The van der Waals surface area contributed by atoms with E-state index in [0.29, 0.717) is 6.42 Å². The molecule has 2 aromatic heterocycles. The van der Waals surface area contributed by atoms with E-state index >= 15 is 0 Å². The highest BCUT2D eigenvalue weighted by atomic mass is 32.1. The second-order valence-electron chi connectivity index (χ2n) is 4.99. The summed E-state index contributed by atoms with van der Waals surface area (Å²) >= 11 is 1.67. The summed E-state index contributed by atoms with van der Waals surface area (Å²) in [5.41, 5.74) is 1.77. The standard InChI is InChI=1S/C16H17N3OS/c1-12-17-14-11-13(6-7-15(14)21-12)18-16(20)5-4-10-19-8-2-3-9-19/h2-3,6-9,11H,4-5,10H2,1H3,(H,18,20). The number of hydrogen-bond acceptors (Lipinski definition) is 3. The van der Waals surface area contributed by atoms with E-state index < -0.39 is 0 Å². The van der Waals surface area contributed by atoms with Crippen LogP contribution in [0.5, 0.6) is 0 Å². The van der Waals surface area contributed by atoms with Crippen LogP contribution in [0.3, 0.4) is 0 Å². The van der Waals surface area contributed by atoms with Crippen molar-refractivity contribution in [2.45, 2.75) is 26.3 Å². The van der Waals surface area contributed by atoms with Gasteiger partial charge in [0.15, 0.2) is 0 Å². The molecular weight excluding hydrogens is 282 g/mol. The lowest BCUT2D eigenvalue weighted by atomic mass is 10.2. The van der Waals surface area contributed by atoms with Crippen LogP contribution in [0, 0.1) is 6.92 Å². The second-order valence-corrected chi connectivity index (χ2v) is 6.22. The van der Waals surface area contributed by atoms with Crippen molar-refractivity contribution in [1.29, 1.82) is 0 Å². The summed E-state index contributed by atoms with van der Waals surface area (Å²) in [6, 6.07) is 9.86. The van der Waals surface area contributed by atoms with Gasteiger partial charge in [0.05, 0.1) is 15.2 Å². The third kappa shape index (κ3) is 3.49. The van der Waals surface area contributed by atoms with Crippen LogP contribution in [0.4, 0.5) is 5.69 Å². The van der Waals surface area contributed by atoms with Crippen molar-refractivity contribution < 1.29 is 4.79 Å². The van der Waals surface area contributed by atoms with Gasteiger partial charge in [-0.05, 0) is 43.7 Å². The number of carbonyl (C=O) groups is 1. The van der Waals surface area contributed by atoms with Crippen LogP contribution in [0.2, 0.25) is 0 Å². The molecule has 1 N–H and O–H groups in total. The summed E-state index contributed by atoms with van der Waals surface area (Å²) in [6.07, 6.45) is 5.37. The summed E-state index contributed by atoms with van der Waals surface area (Å²) < 4.78 is 3.23. The first-order valence-electron chi connectivity index (χ1n) is 6.98. The molecule has 3 rings (SSSR count). The van der Waals surface area contributed by atoms with Gasteiger partial charge in [0, 0.05) is 31.0 Å². The molecule has 0 spiro atoms. The van der Waals surface area contributed by atoms with Crippen LogP contribution < -0.4 is 5.32 Å². The molecule has 1 amide bonds. The summed E-state index contributed by atoms with van der Waals surface area (Å²) in [5.74, 6) is 0.0495. The number of thiazole rings is 1. The number of nitrogens with one attached hydrogen (secondary N) is 1. The van der Waals surface area contributed by atoms with E-state index in [4.69, 9.17) is 0 Å². The van der Waals surface area contributed by atoms with Crippen molar-refractivity contribution in [1.82, 2.24) is 9.55 Å². The smallest absolute Gasteiger partial charge is 0.224 e. The van der Waals surface area contributed by atoms with E-state index in [1.54, 1.807) is 11.3 Å². The van der Waals surface area contributed by atoms with E-state index in [9.17, 15) is 4.79 Å². The number of aromatic nitrogens is 2. The molecule has 0 saturated carbocycles. The Morgan fingerprint density at radius 2 is 2.14 bits per heavy atom. The lowest BCUT2D eigenvalue weighted by molar-refractivity contribution is -0.116. The van der Waals surface area contributed by atoms with Crippen molar-refractivity contribution in [2.75, 3.05) is 5.32 Å². The molecule has 0 aliphatic carbocycles. The van der Waals surface area contributed by atoms with Gasteiger partial charge in [-0.2, -0.15) is 0 Å². The molecule has 4 nitrogen and oxygen atoms in total. The largest absolute Gasteiger partial charge is 0.354 e. The van der Waals surface area contributed by atoms with Gasteiger partial charge in [0.1, 0.15) is 0 Å². The minimum atomic E-state index is 0.0495. The number of aryl methyl sites for hydroxylation is 2. The Morgan fingerprint density at radius 1 is 1.33 bits per heavy atom. The van der Waals surface area contributed by atoms with E-state index in [0.717, 1.165) is 33.9 Å². The number of rotatable bonds is 5. The Morgan fingerprint density at radius 3 is 2.95 bits per heavy atom. The van der Waals surface area contributed by atoms with Crippen LogP contribution >= 0.6 is 11.3 Å². The predicted octanol–water partition coefficient (Wildman–Crippen LogP) is 3.83. The average Bonchev–Trinajstić information content (AvgIpc) is 3.06. The molecule has 0 unspecified atom stereocenters. The average molecular weight is 299 g/mol. The molecule has 3 aromatic rings. The molecule has 21 heavy (non-hydrogen) atoms. The highest BCUT2D eigenvalue weighted by molar-refractivity contribution is 7.18. The third-order valence-corrected chi connectivity index (χ3v) is 4.22. The van der Waals surface area contributed by atoms with Crippen molar-refractivity contribution >= 4 is 33.1 Å². The number of benzene rings is 1. The summed E-state index contributed by atoms with van der Waals surface area (Å²) in [7, 11) is 0. The molecule has 0 saturated heterocycles. The zero-order chi connectivity index (χ0) is 14.7. The fourth-order valence-corrected chi connectivity index (χ4v) is 3.09. The topological polar surface area (TPSA) is 46.9 Å². The zero-order valence-electron chi connectivity index (χ0n) is 11.9. The van der Waals surface area contributed by atoms with Crippen LogP contribution in [-0.2, 0) is 11.3 Å². The Labute approximate surface area is 127 Å². The molecular formula is C16H17N3OS. The molecule has 1 aromatic carbocycles. The maximum atomic E-state index is 11.9. The van der Waals surface area contributed by atoms with E-state index in [1.165, 1.54) is 0 Å². The van der Waals surface area contributed by atoms with Crippen molar-refractivity contribution in [3.8, 4) is 0 Å². The van der Waals surface area contributed by atoms with Gasteiger partial charge in [-0.25, -0.2) is 4.98 Å². The van der Waals surface area contributed by atoms with Crippen LogP contribution in [-0.4, -0.2) is 15.5 Å². The van der Waals surface area contributed by atoms with Gasteiger partial charge in [-0.1, -0.05) is 0 Å². The minimum absolute atomic E-state index is 0.0495. The normalized spacial score (nSPS) is 10.9. The fourth-order valence-electron chi connectivity index (χ4n) is 2.29. The number of carbonyl (C=O) groups excluding carboxylic acids is 1. The zero-order valence-corrected chi connectivity index (χ0v) is 12.7. The molecule has 5 heteroatoms. The van der Waals surface area contributed by atoms with Crippen LogP contribution in [0.25, 0.3) is 10.2 Å². The molecule has 108 valence electrons. The minimum Gasteiger partial charge on any atom is -0.354 e. The summed E-state index contributed by atoms with van der Waals surface area (Å²) in [6.45, 7) is 2.86. The fraction of sp³-hybridized carbons (Fsp3) is 0.250. The van der Waals surface area contributed by atoms with Gasteiger partial charge >= 0.3 is 0 Å². The molecule has 0 fully saturated rings. The lowest BCUT2D eigenvalue weighted by Crippen LogP contribution is -2.12. The van der Waals surface area contributed by atoms with E-state index in [2.05, 4.69) is 14.9 Å².